The van der Waals surface area contributed by atoms with Crippen molar-refractivity contribution in [3.05, 3.63) is 24.3 Å². The maximum atomic E-state index is 9.50. The molecule has 1 N–H and O–H groups in total. The minimum absolute atomic E-state index is 0.132. The highest BCUT2D eigenvalue weighted by Gasteiger charge is 2.37. The van der Waals surface area contributed by atoms with Crippen LogP contribution in [0.3, 0.4) is 0 Å². The second-order valence-electron chi connectivity index (χ2n) is 5.29. The van der Waals surface area contributed by atoms with E-state index in [0.29, 0.717) is 13.2 Å². The normalized spacial score (nSPS) is 17.1. The third-order valence-corrected chi connectivity index (χ3v) is 3.91. The van der Waals surface area contributed by atoms with Crippen molar-refractivity contribution in [1.29, 1.82) is 0 Å². The molecule has 0 atom stereocenters. The Morgan fingerprint density at radius 1 is 1.28 bits per heavy atom. The maximum Gasteiger partial charge on any atom is 0.119 e. The van der Waals surface area contributed by atoms with Crippen molar-refractivity contribution in [3.63, 3.8) is 0 Å². The molecule has 3 heteroatoms. The van der Waals surface area contributed by atoms with Crippen molar-refractivity contribution < 1.29 is 9.84 Å². The van der Waals surface area contributed by atoms with Crippen molar-refractivity contribution in [3.8, 4) is 5.75 Å². The molecule has 0 aliphatic heterocycles. The van der Waals surface area contributed by atoms with Crippen LogP contribution in [0.2, 0.25) is 0 Å². The molecule has 2 rings (SSSR count). The van der Waals surface area contributed by atoms with E-state index in [2.05, 4.69) is 24.1 Å². The topological polar surface area (TPSA) is 32.7 Å². The molecule has 18 heavy (non-hydrogen) atoms. The number of hydrogen-bond acceptors (Lipinski definition) is 3. The van der Waals surface area contributed by atoms with Crippen molar-refractivity contribution in [2.24, 2.45) is 5.41 Å². The van der Waals surface area contributed by atoms with Crippen LogP contribution in [0.5, 0.6) is 5.75 Å². The molecular formula is C15H23NO2. The molecule has 100 valence electrons. The summed E-state index contributed by atoms with van der Waals surface area (Å²) < 4.78 is 5.44. The molecule has 0 radical (unpaired) electrons. The van der Waals surface area contributed by atoms with E-state index in [4.69, 9.17) is 4.74 Å². The molecule has 0 saturated heterocycles. The molecule has 0 heterocycles. The van der Waals surface area contributed by atoms with Gasteiger partial charge in [0.1, 0.15) is 5.75 Å². The Morgan fingerprint density at radius 3 is 2.39 bits per heavy atom. The first kappa shape index (κ1) is 13.2. The van der Waals surface area contributed by atoms with E-state index in [1.165, 1.54) is 12.1 Å². The number of nitrogens with zero attached hydrogens (tertiary/aromatic N) is 1. The first-order chi connectivity index (χ1) is 8.69. The van der Waals surface area contributed by atoms with Crippen LogP contribution in [-0.4, -0.2) is 31.9 Å². The van der Waals surface area contributed by atoms with Gasteiger partial charge in [-0.25, -0.2) is 0 Å². The summed E-state index contributed by atoms with van der Waals surface area (Å²) in [6.07, 6.45) is 3.54. The lowest BCUT2D eigenvalue weighted by Crippen LogP contribution is -2.43. The van der Waals surface area contributed by atoms with Gasteiger partial charge < -0.3 is 14.7 Å². The van der Waals surface area contributed by atoms with E-state index in [0.717, 1.165) is 25.1 Å². The second kappa shape index (κ2) is 5.61. The minimum Gasteiger partial charge on any atom is -0.494 e. The maximum absolute atomic E-state index is 9.50. The van der Waals surface area contributed by atoms with Crippen LogP contribution in [0.15, 0.2) is 24.3 Å². The van der Waals surface area contributed by atoms with E-state index in [1.54, 1.807) is 0 Å². The molecule has 1 aliphatic carbocycles. The third kappa shape index (κ3) is 2.78. The lowest BCUT2D eigenvalue weighted by molar-refractivity contribution is 0.0524. The van der Waals surface area contributed by atoms with Crippen LogP contribution < -0.4 is 9.64 Å². The summed E-state index contributed by atoms with van der Waals surface area (Å²) in [5, 5.41) is 9.50. The summed E-state index contributed by atoms with van der Waals surface area (Å²) in [4.78, 5) is 2.23. The predicted molar refractivity (Wildman–Crippen MR) is 74.3 cm³/mol. The van der Waals surface area contributed by atoms with Crippen molar-refractivity contribution in [1.82, 2.24) is 0 Å². The Labute approximate surface area is 109 Å². The first-order valence-corrected chi connectivity index (χ1v) is 6.74. The Balaban J connectivity index is 1.97. The summed E-state index contributed by atoms with van der Waals surface area (Å²) >= 11 is 0. The number of benzene rings is 1. The van der Waals surface area contributed by atoms with Gasteiger partial charge in [-0.05, 0) is 44.0 Å². The van der Waals surface area contributed by atoms with E-state index < -0.39 is 0 Å². The number of ether oxygens (including phenoxy) is 1. The predicted octanol–water partition coefficient (Wildman–Crippen LogP) is 2.68. The SMILES string of the molecule is CCOc1ccc(N(C)CC2(CO)CCC2)cc1. The van der Waals surface area contributed by atoms with Crippen LogP contribution in [0.25, 0.3) is 0 Å². The van der Waals surface area contributed by atoms with E-state index in [9.17, 15) is 5.11 Å². The molecule has 1 saturated carbocycles. The number of anilines is 1. The zero-order valence-corrected chi connectivity index (χ0v) is 11.4. The molecule has 0 amide bonds. The van der Waals surface area contributed by atoms with Gasteiger partial charge in [0.25, 0.3) is 0 Å². The summed E-state index contributed by atoms with van der Waals surface area (Å²) in [6, 6.07) is 8.16. The summed E-state index contributed by atoms with van der Waals surface area (Å²) in [7, 11) is 2.09. The van der Waals surface area contributed by atoms with Gasteiger partial charge >= 0.3 is 0 Å². The summed E-state index contributed by atoms with van der Waals surface area (Å²) in [5.41, 5.74) is 1.31. The Kier molecular flexibility index (Phi) is 4.12. The summed E-state index contributed by atoms with van der Waals surface area (Å²) in [5.74, 6) is 0.912. The molecule has 0 unspecified atom stereocenters. The molecule has 0 spiro atoms. The minimum atomic E-state index is 0.132. The molecule has 0 bridgehead atoms. The zero-order chi connectivity index (χ0) is 13.0. The molecule has 3 nitrogen and oxygen atoms in total. The molecule has 1 aromatic carbocycles. The second-order valence-corrected chi connectivity index (χ2v) is 5.29. The lowest BCUT2D eigenvalue weighted by Gasteiger charge is -2.43. The Bertz CT molecular complexity index is 365. The highest BCUT2D eigenvalue weighted by atomic mass is 16.5. The Morgan fingerprint density at radius 2 is 1.94 bits per heavy atom. The van der Waals surface area contributed by atoms with Gasteiger partial charge in [-0.1, -0.05) is 6.42 Å². The van der Waals surface area contributed by atoms with Gasteiger partial charge in [-0.3, -0.25) is 0 Å². The number of aliphatic hydroxyl groups is 1. The van der Waals surface area contributed by atoms with Crippen LogP contribution in [0.4, 0.5) is 5.69 Å². The van der Waals surface area contributed by atoms with Crippen molar-refractivity contribution >= 4 is 5.69 Å². The zero-order valence-electron chi connectivity index (χ0n) is 11.4. The fraction of sp³-hybridized carbons (Fsp3) is 0.600. The average Bonchev–Trinajstić information content (AvgIpc) is 2.35. The molecule has 1 aromatic rings. The van der Waals surface area contributed by atoms with Gasteiger partial charge in [-0.15, -0.1) is 0 Å². The molecule has 1 aliphatic rings. The number of rotatable bonds is 6. The molecule has 0 aromatic heterocycles. The fourth-order valence-electron chi connectivity index (χ4n) is 2.60. The van der Waals surface area contributed by atoms with Crippen LogP contribution >= 0.6 is 0 Å². The highest BCUT2D eigenvalue weighted by molar-refractivity contribution is 5.48. The van der Waals surface area contributed by atoms with Gasteiger partial charge in [-0.2, -0.15) is 0 Å². The van der Waals surface area contributed by atoms with Crippen molar-refractivity contribution in [2.45, 2.75) is 26.2 Å². The number of aliphatic hydroxyl groups excluding tert-OH is 1. The quantitative estimate of drug-likeness (QED) is 0.841. The van der Waals surface area contributed by atoms with Crippen LogP contribution in [0.1, 0.15) is 26.2 Å². The van der Waals surface area contributed by atoms with E-state index in [1.807, 2.05) is 19.1 Å². The largest absolute Gasteiger partial charge is 0.494 e. The van der Waals surface area contributed by atoms with Crippen LogP contribution in [0, 0.1) is 5.41 Å². The fourth-order valence-corrected chi connectivity index (χ4v) is 2.60. The van der Waals surface area contributed by atoms with E-state index in [-0.39, 0.29) is 5.41 Å². The standard InChI is InChI=1S/C15H23NO2/c1-3-18-14-7-5-13(6-8-14)16(2)11-15(12-17)9-4-10-15/h5-8,17H,3-4,9-12H2,1-2H3. The smallest absolute Gasteiger partial charge is 0.119 e. The van der Waals surface area contributed by atoms with Gasteiger partial charge in [0.15, 0.2) is 0 Å². The van der Waals surface area contributed by atoms with E-state index >= 15 is 0 Å². The first-order valence-electron chi connectivity index (χ1n) is 6.74. The monoisotopic (exact) mass is 249 g/mol. The number of hydrogen-bond donors (Lipinski definition) is 1. The van der Waals surface area contributed by atoms with Gasteiger partial charge in [0.2, 0.25) is 0 Å². The molecular weight excluding hydrogens is 226 g/mol. The van der Waals surface area contributed by atoms with Crippen molar-refractivity contribution in [2.75, 3.05) is 31.7 Å². The highest BCUT2D eigenvalue weighted by Crippen LogP contribution is 2.41. The third-order valence-electron chi connectivity index (χ3n) is 3.91. The van der Waals surface area contributed by atoms with Gasteiger partial charge in [0.05, 0.1) is 13.2 Å². The molecule has 1 fully saturated rings. The average molecular weight is 249 g/mol. The Hall–Kier alpha value is -1.22. The van der Waals surface area contributed by atoms with Gasteiger partial charge in [0, 0.05) is 24.7 Å². The lowest BCUT2D eigenvalue weighted by atomic mass is 9.69. The van der Waals surface area contributed by atoms with Crippen LogP contribution in [-0.2, 0) is 0 Å². The summed E-state index contributed by atoms with van der Waals surface area (Å²) in [6.45, 7) is 3.91.